The van der Waals surface area contributed by atoms with Gasteiger partial charge in [-0.05, 0) is 43.9 Å². The molecule has 0 aliphatic heterocycles. The lowest BCUT2D eigenvalue weighted by Gasteiger charge is -2.18. The van der Waals surface area contributed by atoms with Crippen LogP contribution < -0.4 is 15.2 Å². The molecule has 1 rings (SSSR count). The van der Waals surface area contributed by atoms with Gasteiger partial charge in [-0.3, -0.25) is 0 Å². The Morgan fingerprint density at radius 3 is 2.33 bits per heavy atom. The molecule has 1 atom stereocenters. The number of methoxy groups -OCH3 is 1. The Morgan fingerprint density at radius 2 is 1.83 bits per heavy atom. The van der Waals surface area contributed by atoms with Gasteiger partial charge in [-0.15, -0.1) is 0 Å². The molecule has 0 spiro atoms. The highest BCUT2D eigenvalue weighted by atomic mass is 16.5. The van der Waals surface area contributed by atoms with Crippen LogP contribution in [0.3, 0.4) is 0 Å². The molecule has 0 saturated heterocycles. The molecule has 0 heterocycles. The summed E-state index contributed by atoms with van der Waals surface area (Å²) in [5.74, 6) is 1.61. The maximum Gasteiger partial charge on any atom is 0.161 e. The van der Waals surface area contributed by atoms with Crippen molar-refractivity contribution >= 4 is 0 Å². The molecule has 0 amide bonds. The molecule has 0 saturated carbocycles. The van der Waals surface area contributed by atoms with Crippen LogP contribution >= 0.6 is 0 Å². The first-order valence-electron chi connectivity index (χ1n) is 6.69. The Kier molecular flexibility index (Phi) is 5.99. The van der Waals surface area contributed by atoms with Gasteiger partial charge in [-0.25, -0.2) is 0 Å². The molecule has 0 fully saturated rings. The zero-order chi connectivity index (χ0) is 13.5. The molecule has 1 aromatic carbocycles. The molecule has 102 valence electrons. The highest BCUT2D eigenvalue weighted by Crippen LogP contribution is 2.30. The van der Waals surface area contributed by atoms with Crippen LogP contribution in [-0.4, -0.2) is 19.3 Å². The van der Waals surface area contributed by atoms with Crippen LogP contribution in [0.1, 0.15) is 39.2 Å². The Labute approximate surface area is 110 Å². The van der Waals surface area contributed by atoms with Gasteiger partial charge in [0, 0.05) is 6.04 Å². The van der Waals surface area contributed by atoms with E-state index < -0.39 is 0 Å². The normalized spacial score (nSPS) is 12.6. The Hall–Kier alpha value is -1.22. The molecule has 0 radical (unpaired) electrons. The van der Waals surface area contributed by atoms with Crippen LogP contribution in [0.2, 0.25) is 0 Å². The fraction of sp³-hybridized carbons (Fsp3) is 0.600. The molecular formula is C15H25NO2. The number of rotatable bonds is 7. The van der Waals surface area contributed by atoms with E-state index in [0.29, 0.717) is 0 Å². The van der Waals surface area contributed by atoms with Gasteiger partial charge in [0.15, 0.2) is 11.5 Å². The Balaban J connectivity index is 2.85. The third-order valence-electron chi connectivity index (χ3n) is 2.99. The fourth-order valence-corrected chi connectivity index (χ4v) is 1.94. The SMILES string of the molecule is CCC(CC)Oc1ccc(CC(C)N)cc1OC. The van der Waals surface area contributed by atoms with E-state index in [1.807, 2.05) is 19.1 Å². The largest absolute Gasteiger partial charge is 0.493 e. The first kappa shape index (κ1) is 14.8. The predicted molar refractivity (Wildman–Crippen MR) is 75.3 cm³/mol. The summed E-state index contributed by atoms with van der Waals surface area (Å²) in [6.45, 7) is 6.26. The molecule has 0 aromatic heterocycles. The van der Waals surface area contributed by atoms with E-state index >= 15 is 0 Å². The second-order valence-electron chi connectivity index (χ2n) is 4.72. The minimum atomic E-state index is 0.153. The van der Waals surface area contributed by atoms with Crippen LogP contribution in [-0.2, 0) is 6.42 Å². The lowest BCUT2D eigenvalue weighted by Crippen LogP contribution is -2.18. The molecular weight excluding hydrogens is 226 g/mol. The van der Waals surface area contributed by atoms with Crippen LogP contribution in [0.5, 0.6) is 11.5 Å². The predicted octanol–water partition coefficient (Wildman–Crippen LogP) is 3.15. The summed E-state index contributed by atoms with van der Waals surface area (Å²) in [4.78, 5) is 0. The number of hydrogen-bond acceptors (Lipinski definition) is 3. The summed E-state index contributed by atoms with van der Waals surface area (Å²) in [6.07, 6.45) is 3.10. The molecule has 0 bridgehead atoms. The highest BCUT2D eigenvalue weighted by Gasteiger charge is 2.11. The number of ether oxygens (including phenoxy) is 2. The molecule has 18 heavy (non-hydrogen) atoms. The van der Waals surface area contributed by atoms with Gasteiger partial charge in [0.1, 0.15) is 0 Å². The third kappa shape index (κ3) is 4.22. The second kappa shape index (κ2) is 7.27. The monoisotopic (exact) mass is 251 g/mol. The maximum absolute atomic E-state index is 5.94. The zero-order valence-corrected chi connectivity index (χ0v) is 11.9. The third-order valence-corrected chi connectivity index (χ3v) is 2.99. The van der Waals surface area contributed by atoms with Crippen LogP contribution in [0.4, 0.5) is 0 Å². The number of hydrogen-bond donors (Lipinski definition) is 1. The molecule has 1 aromatic rings. The minimum absolute atomic E-state index is 0.153. The summed E-state index contributed by atoms with van der Waals surface area (Å²) in [6, 6.07) is 6.21. The van der Waals surface area contributed by atoms with Crippen molar-refractivity contribution in [2.75, 3.05) is 7.11 Å². The fourth-order valence-electron chi connectivity index (χ4n) is 1.94. The van der Waals surface area contributed by atoms with E-state index in [9.17, 15) is 0 Å². The van der Waals surface area contributed by atoms with Gasteiger partial charge in [-0.2, -0.15) is 0 Å². The van der Waals surface area contributed by atoms with Crippen molar-refractivity contribution in [3.63, 3.8) is 0 Å². The van der Waals surface area contributed by atoms with Gasteiger partial charge < -0.3 is 15.2 Å². The van der Waals surface area contributed by atoms with Crippen molar-refractivity contribution in [2.24, 2.45) is 5.73 Å². The molecule has 0 aliphatic carbocycles. The highest BCUT2D eigenvalue weighted by molar-refractivity contribution is 5.43. The van der Waals surface area contributed by atoms with E-state index in [1.54, 1.807) is 7.11 Å². The van der Waals surface area contributed by atoms with E-state index in [4.69, 9.17) is 15.2 Å². The van der Waals surface area contributed by atoms with Gasteiger partial charge in [0.25, 0.3) is 0 Å². The molecule has 0 aliphatic rings. The van der Waals surface area contributed by atoms with Crippen molar-refractivity contribution in [1.82, 2.24) is 0 Å². The van der Waals surface area contributed by atoms with E-state index in [1.165, 1.54) is 5.56 Å². The van der Waals surface area contributed by atoms with Crippen molar-refractivity contribution in [3.8, 4) is 11.5 Å². The first-order valence-corrected chi connectivity index (χ1v) is 6.69. The van der Waals surface area contributed by atoms with E-state index in [-0.39, 0.29) is 12.1 Å². The molecule has 3 heteroatoms. The van der Waals surface area contributed by atoms with Gasteiger partial charge >= 0.3 is 0 Å². The van der Waals surface area contributed by atoms with Crippen molar-refractivity contribution < 1.29 is 9.47 Å². The van der Waals surface area contributed by atoms with E-state index in [0.717, 1.165) is 30.8 Å². The maximum atomic E-state index is 5.94. The quantitative estimate of drug-likeness (QED) is 0.809. The molecule has 3 nitrogen and oxygen atoms in total. The average Bonchev–Trinajstić information content (AvgIpc) is 2.36. The van der Waals surface area contributed by atoms with Crippen molar-refractivity contribution in [1.29, 1.82) is 0 Å². The zero-order valence-electron chi connectivity index (χ0n) is 11.9. The van der Waals surface area contributed by atoms with Gasteiger partial charge in [-0.1, -0.05) is 19.9 Å². The summed E-state index contributed by atoms with van der Waals surface area (Å²) in [5, 5.41) is 0. The number of nitrogens with two attached hydrogens (primary N) is 1. The number of benzene rings is 1. The van der Waals surface area contributed by atoms with Crippen LogP contribution in [0.15, 0.2) is 18.2 Å². The lowest BCUT2D eigenvalue weighted by atomic mass is 10.1. The summed E-state index contributed by atoms with van der Waals surface area (Å²) in [5.41, 5.74) is 6.99. The molecule has 1 unspecified atom stereocenters. The smallest absolute Gasteiger partial charge is 0.161 e. The summed E-state index contributed by atoms with van der Waals surface area (Å²) in [7, 11) is 1.67. The van der Waals surface area contributed by atoms with Crippen LogP contribution in [0, 0.1) is 0 Å². The van der Waals surface area contributed by atoms with Crippen molar-refractivity contribution in [3.05, 3.63) is 23.8 Å². The topological polar surface area (TPSA) is 44.5 Å². The van der Waals surface area contributed by atoms with Crippen LogP contribution in [0.25, 0.3) is 0 Å². The van der Waals surface area contributed by atoms with Gasteiger partial charge in [0.2, 0.25) is 0 Å². The summed E-state index contributed by atoms with van der Waals surface area (Å²) < 4.78 is 11.3. The lowest BCUT2D eigenvalue weighted by molar-refractivity contribution is 0.185. The van der Waals surface area contributed by atoms with Crippen molar-refractivity contribution in [2.45, 2.75) is 52.2 Å². The first-order chi connectivity index (χ1) is 8.60. The standard InChI is InChI=1S/C15H25NO2/c1-5-13(6-2)18-14-8-7-12(9-11(3)16)10-15(14)17-4/h7-8,10-11,13H,5-6,9,16H2,1-4H3. The second-order valence-corrected chi connectivity index (χ2v) is 4.72. The minimum Gasteiger partial charge on any atom is -0.493 e. The Bertz CT molecular complexity index is 360. The van der Waals surface area contributed by atoms with Gasteiger partial charge in [0.05, 0.1) is 13.2 Å². The summed E-state index contributed by atoms with van der Waals surface area (Å²) >= 11 is 0. The average molecular weight is 251 g/mol. The van der Waals surface area contributed by atoms with E-state index in [2.05, 4.69) is 19.9 Å². The molecule has 2 N–H and O–H groups in total. The Morgan fingerprint density at radius 1 is 1.17 bits per heavy atom.